The van der Waals surface area contributed by atoms with E-state index >= 15 is 0 Å². The van der Waals surface area contributed by atoms with E-state index in [0.29, 0.717) is 32.4 Å². The molecule has 4 aromatic rings. The van der Waals surface area contributed by atoms with Crippen molar-refractivity contribution < 1.29 is 19.3 Å². The van der Waals surface area contributed by atoms with Crippen LogP contribution < -0.4 is 16.9 Å². The number of hydroxylamine groups is 3. The first-order valence-electron chi connectivity index (χ1n) is 14.0. The number of nitrogens with zero attached hydrogens (tertiary/aromatic N) is 1. The number of amides is 2. The summed E-state index contributed by atoms with van der Waals surface area (Å²) in [6, 6.07) is 35.1. The molecule has 0 aliphatic rings. The molecule has 8 nitrogen and oxygen atoms in total. The topological polar surface area (TPSA) is 120 Å². The zero-order chi connectivity index (χ0) is 29.6. The van der Waals surface area contributed by atoms with Crippen molar-refractivity contribution in [1.82, 2.24) is 10.5 Å². The molecule has 218 valence electrons. The van der Waals surface area contributed by atoms with Gasteiger partial charge in [0.1, 0.15) is 6.61 Å². The summed E-state index contributed by atoms with van der Waals surface area (Å²) >= 11 is 0. The van der Waals surface area contributed by atoms with Gasteiger partial charge in [0.05, 0.1) is 13.2 Å². The van der Waals surface area contributed by atoms with Crippen LogP contribution in [0.2, 0.25) is 0 Å². The van der Waals surface area contributed by atoms with Gasteiger partial charge in [-0.1, -0.05) is 109 Å². The molecule has 2 unspecified atom stereocenters. The van der Waals surface area contributed by atoms with Gasteiger partial charge in [-0.05, 0) is 46.2 Å². The Morgan fingerprint density at radius 1 is 0.714 bits per heavy atom. The minimum Gasteiger partial charge on any atom is -0.327 e. The highest BCUT2D eigenvalue weighted by Gasteiger charge is 2.13. The van der Waals surface area contributed by atoms with Crippen LogP contribution in [0.1, 0.15) is 28.7 Å². The van der Waals surface area contributed by atoms with E-state index in [0.717, 1.165) is 33.4 Å². The molecule has 42 heavy (non-hydrogen) atoms. The third kappa shape index (κ3) is 10.2. The van der Waals surface area contributed by atoms with Crippen LogP contribution in [0.5, 0.6) is 0 Å². The minimum atomic E-state index is -0.346. The lowest BCUT2D eigenvalue weighted by Gasteiger charge is -2.21. The maximum Gasteiger partial charge on any atom is 0.245 e. The van der Waals surface area contributed by atoms with E-state index in [4.69, 9.17) is 21.1 Å². The lowest BCUT2D eigenvalue weighted by molar-refractivity contribution is -0.178. The number of carbonyl (C=O) groups is 2. The number of rotatable bonds is 16. The van der Waals surface area contributed by atoms with Crippen molar-refractivity contribution in [2.45, 2.75) is 44.6 Å². The fraction of sp³-hybridized carbons (Fsp3) is 0.235. The molecule has 0 saturated heterocycles. The monoisotopic (exact) mass is 566 g/mol. The van der Waals surface area contributed by atoms with Crippen molar-refractivity contribution in [1.29, 1.82) is 0 Å². The standard InChI is InChI=1S/C34H38N4O4/c35-32(21-34(40)37-41-23-27-10-5-2-6-11-27)20-29-12-7-13-31(18-29)30-16-14-28(15-17-30)24-42-38(25-39)22-33(36)19-26-8-3-1-4-9-26/h1-18,25,32-33H,19-24,35-36H2,(H,37,40). The maximum absolute atomic E-state index is 12.2. The second kappa shape index (κ2) is 16.2. The highest BCUT2D eigenvalue weighted by Crippen LogP contribution is 2.22. The lowest BCUT2D eigenvalue weighted by atomic mass is 9.98. The second-order valence-electron chi connectivity index (χ2n) is 10.3. The van der Waals surface area contributed by atoms with Gasteiger partial charge in [-0.3, -0.25) is 19.3 Å². The number of carbonyl (C=O) groups excluding carboxylic acids is 2. The van der Waals surface area contributed by atoms with Crippen LogP contribution in [-0.4, -0.2) is 36.0 Å². The Balaban J connectivity index is 1.22. The van der Waals surface area contributed by atoms with E-state index in [1.807, 2.05) is 103 Å². The summed E-state index contributed by atoms with van der Waals surface area (Å²) in [6.45, 7) is 0.851. The first-order chi connectivity index (χ1) is 20.5. The third-order valence-corrected chi connectivity index (χ3v) is 6.70. The number of nitrogens with two attached hydrogens (primary N) is 2. The zero-order valence-electron chi connectivity index (χ0n) is 23.6. The van der Waals surface area contributed by atoms with Crippen molar-refractivity contribution in [2.75, 3.05) is 6.54 Å². The lowest BCUT2D eigenvalue weighted by Crippen LogP contribution is -2.38. The predicted octanol–water partition coefficient (Wildman–Crippen LogP) is 4.32. The van der Waals surface area contributed by atoms with Gasteiger partial charge >= 0.3 is 0 Å². The van der Waals surface area contributed by atoms with E-state index in [2.05, 4.69) is 11.5 Å². The fourth-order valence-electron chi connectivity index (χ4n) is 4.60. The van der Waals surface area contributed by atoms with Gasteiger partial charge in [0, 0.05) is 18.5 Å². The van der Waals surface area contributed by atoms with Crippen LogP contribution in [0, 0.1) is 0 Å². The summed E-state index contributed by atoms with van der Waals surface area (Å²) < 4.78 is 0. The number of nitrogens with one attached hydrogen (secondary N) is 1. The summed E-state index contributed by atoms with van der Waals surface area (Å²) in [7, 11) is 0. The number of hydrogen-bond acceptors (Lipinski definition) is 6. The smallest absolute Gasteiger partial charge is 0.245 e. The van der Waals surface area contributed by atoms with Crippen molar-refractivity contribution in [3.05, 3.63) is 131 Å². The molecule has 0 aliphatic carbocycles. The zero-order valence-corrected chi connectivity index (χ0v) is 23.6. The van der Waals surface area contributed by atoms with Crippen molar-refractivity contribution >= 4 is 12.3 Å². The van der Waals surface area contributed by atoms with E-state index in [9.17, 15) is 9.59 Å². The molecule has 0 saturated carbocycles. The summed E-state index contributed by atoms with van der Waals surface area (Å²) in [4.78, 5) is 34.8. The van der Waals surface area contributed by atoms with Crippen LogP contribution in [-0.2, 0) is 45.3 Å². The van der Waals surface area contributed by atoms with Gasteiger partial charge in [0.2, 0.25) is 12.3 Å². The Kier molecular flexibility index (Phi) is 11.8. The molecule has 0 bridgehead atoms. The third-order valence-electron chi connectivity index (χ3n) is 6.70. The molecule has 8 heteroatoms. The van der Waals surface area contributed by atoms with E-state index in [1.165, 1.54) is 5.06 Å². The van der Waals surface area contributed by atoms with Gasteiger partial charge in [0.25, 0.3) is 0 Å². The highest BCUT2D eigenvalue weighted by molar-refractivity contribution is 5.75. The average molecular weight is 567 g/mol. The summed E-state index contributed by atoms with van der Waals surface area (Å²) in [5.41, 5.74) is 21.1. The Labute approximate surface area is 247 Å². The molecule has 0 aromatic heterocycles. The molecule has 5 N–H and O–H groups in total. The molecule has 0 fully saturated rings. The molecule has 4 aromatic carbocycles. The van der Waals surface area contributed by atoms with Crippen LogP contribution in [0.15, 0.2) is 109 Å². The second-order valence-corrected chi connectivity index (χ2v) is 10.3. The van der Waals surface area contributed by atoms with Gasteiger partial charge in [-0.2, -0.15) is 0 Å². The Hall–Kier alpha value is -4.34. The Bertz CT molecular complexity index is 1380. The molecule has 0 radical (unpaired) electrons. The largest absolute Gasteiger partial charge is 0.327 e. The number of hydrogen-bond donors (Lipinski definition) is 3. The first kappa shape index (κ1) is 30.6. The highest BCUT2D eigenvalue weighted by atomic mass is 16.7. The summed E-state index contributed by atoms with van der Waals surface area (Å²) in [5.74, 6) is -0.251. The summed E-state index contributed by atoms with van der Waals surface area (Å²) in [5, 5.41) is 1.25. The van der Waals surface area contributed by atoms with Gasteiger partial charge < -0.3 is 11.5 Å². The van der Waals surface area contributed by atoms with Crippen molar-refractivity contribution in [3.8, 4) is 11.1 Å². The van der Waals surface area contributed by atoms with Crippen LogP contribution >= 0.6 is 0 Å². The SMILES string of the molecule is NC(CC(=O)NOCc1ccccc1)Cc1cccc(-c2ccc(CON(C=O)CC(N)Cc3ccccc3)cc2)c1. The number of benzene rings is 4. The molecular formula is C34H38N4O4. The van der Waals surface area contributed by atoms with E-state index in [-0.39, 0.29) is 31.0 Å². The van der Waals surface area contributed by atoms with Gasteiger partial charge in [-0.15, -0.1) is 0 Å². The van der Waals surface area contributed by atoms with Crippen molar-refractivity contribution in [2.24, 2.45) is 11.5 Å². The normalized spacial score (nSPS) is 12.3. The molecule has 4 rings (SSSR count). The predicted molar refractivity (Wildman–Crippen MR) is 163 cm³/mol. The minimum absolute atomic E-state index is 0.155. The molecule has 2 amide bonds. The van der Waals surface area contributed by atoms with Crippen LogP contribution in [0.3, 0.4) is 0 Å². The van der Waals surface area contributed by atoms with E-state index in [1.54, 1.807) is 0 Å². The quantitative estimate of drug-likeness (QED) is 0.137. The fourth-order valence-corrected chi connectivity index (χ4v) is 4.60. The van der Waals surface area contributed by atoms with Crippen LogP contribution in [0.25, 0.3) is 11.1 Å². The molecular weight excluding hydrogens is 528 g/mol. The van der Waals surface area contributed by atoms with Crippen LogP contribution in [0.4, 0.5) is 0 Å². The maximum atomic E-state index is 12.2. The molecule has 2 atom stereocenters. The summed E-state index contributed by atoms with van der Waals surface area (Å²) in [6.07, 6.45) is 2.03. The first-order valence-corrected chi connectivity index (χ1v) is 14.0. The van der Waals surface area contributed by atoms with Gasteiger partial charge in [-0.25, -0.2) is 10.5 Å². The molecule has 0 heterocycles. The Morgan fingerprint density at radius 2 is 1.33 bits per heavy atom. The van der Waals surface area contributed by atoms with Crippen molar-refractivity contribution in [3.63, 3.8) is 0 Å². The Morgan fingerprint density at radius 3 is 2.02 bits per heavy atom. The van der Waals surface area contributed by atoms with Gasteiger partial charge in [0.15, 0.2) is 0 Å². The average Bonchev–Trinajstić information content (AvgIpc) is 3.00. The molecule has 0 aliphatic heterocycles. The molecule has 0 spiro atoms. The van der Waals surface area contributed by atoms with E-state index < -0.39 is 0 Å².